The molecule has 0 aliphatic heterocycles. The monoisotopic (exact) mass is 114 g/mol. The Bertz CT molecular complexity index is 127. The summed E-state index contributed by atoms with van der Waals surface area (Å²) in [6.07, 6.45) is 0. The van der Waals surface area contributed by atoms with Crippen molar-refractivity contribution in [2.24, 2.45) is 0 Å². The standard InChI is InChI=1S/C7H11F/c1-5(2)6(3)7(4)8/h1H2,2-4H3/b7-6+. The summed E-state index contributed by atoms with van der Waals surface area (Å²) < 4.78 is 12.2. The molecule has 1 heteroatoms. The number of hydrogen-bond acceptors (Lipinski definition) is 0. The number of rotatable bonds is 1. The van der Waals surface area contributed by atoms with Crippen molar-refractivity contribution in [3.05, 3.63) is 23.6 Å². The fourth-order valence-electron chi connectivity index (χ4n) is 0.294. The van der Waals surface area contributed by atoms with E-state index in [2.05, 4.69) is 6.58 Å². The van der Waals surface area contributed by atoms with E-state index in [1.807, 2.05) is 0 Å². The van der Waals surface area contributed by atoms with Crippen molar-refractivity contribution in [2.75, 3.05) is 0 Å². The lowest BCUT2D eigenvalue weighted by Crippen LogP contribution is -1.77. The van der Waals surface area contributed by atoms with E-state index in [0.29, 0.717) is 5.57 Å². The van der Waals surface area contributed by atoms with Gasteiger partial charge in [-0.2, -0.15) is 0 Å². The average Bonchev–Trinajstić information content (AvgIpc) is 1.64. The first-order chi connectivity index (χ1) is 3.55. The Balaban J connectivity index is 4.23. The Kier molecular flexibility index (Phi) is 2.46. The highest BCUT2D eigenvalue weighted by Crippen LogP contribution is 2.11. The van der Waals surface area contributed by atoms with Gasteiger partial charge in [0, 0.05) is 0 Å². The summed E-state index contributed by atoms with van der Waals surface area (Å²) in [5, 5.41) is 0. The molecule has 0 aromatic rings. The van der Waals surface area contributed by atoms with Gasteiger partial charge in [0.1, 0.15) is 0 Å². The number of allylic oxidation sites excluding steroid dienone is 3. The number of halogens is 1. The van der Waals surface area contributed by atoms with E-state index >= 15 is 0 Å². The second-order valence-electron chi connectivity index (χ2n) is 1.94. The lowest BCUT2D eigenvalue weighted by Gasteiger charge is -1.95. The van der Waals surface area contributed by atoms with Crippen LogP contribution in [0.5, 0.6) is 0 Å². The smallest absolute Gasteiger partial charge is 0.1000 e. The fraction of sp³-hybridized carbons (Fsp3) is 0.429. The van der Waals surface area contributed by atoms with E-state index < -0.39 is 0 Å². The van der Waals surface area contributed by atoms with Gasteiger partial charge in [-0.3, -0.25) is 0 Å². The molecule has 0 saturated carbocycles. The minimum absolute atomic E-state index is 0.141. The van der Waals surface area contributed by atoms with Gasteiger partial charge in [-0.05, 0) is 26.3 Å². The van der Waals surface area contributed by atoms with Crippen molar-refractivity contribution in [2.45, 2.75) is 20.8 Å². The van der Waals surface area contributed by atoms with Crippen molar-refractivity contribution < 1.29 is 4.39 Å². The van der Waals surface area contributed by atoms with Crippen LogP contribution in [-0.2, 0) is 0 Å². The Morgan fingerprint density at radius 2 is 1.62 bits per heavy atom. The average molecular weight is 114 g/mol. The van der Waals surface area contributed by atoms with E-state index in [4.69, 9.17) is 0 Å². The Labute approximate surface area is 49.7 Å². The van der Waals surface area contributed by atoms with Crippen LogP contribution in [0.15, 0.2) is 23.6 Å². The van der Waals surface area contributed by atoms with Gasteiger partial charge in [0.05, 0.1) is 5.83 Å². The van der Waals surface area contributed by atoms with Crippen LogP contribution in [0.2, 0.25) is 0 Å². The molecule has 0 fully saturated rings. The molecule has 0 N–H and O–H groups in total. The van der Waals surface area contributed by atoms with Crippen LogP contribution in [0.3, 0.4) is 0 Å². The Hall–Kier alpha value is -0.590. The third-order valence-electron chi connectivity index (χ3n) is 1.16. The molecule has 0 rings (SSSR count). The van der Waals surface area contributed by atoms with E-state index in [-0.39, 0.29) is 5.83 Å². The van der Waals surface area contributed by atoms with Crippen molar-refractivity contribution >= 4 is 0 Å². The maximum Gasteiger partial charge on any atom is 0.1000 e. The molecule has 0 aliphatic rings. The molecular weight excluding hydrogens is 103 g/mol. The lowest BCUT2D eigenvalue weighted by molar-refractivity contribution is 0.629. The zero-order valence-electron chi connectivity index (χ0n) is 5.59. The third-order valence-corrected chi connectivity index (χ3v) is 1.16. The molecule has 0 nitrogen and oxygen atoms in total. The minimum atomic E-state index is -0.141. The summed E-state index contributed by atoms with van der Waals surface area (Å²) in [6.45, 7) is 8.52. The van der Waals surface area contributed by atoms with Crippen LogP contribution >= 0.6 is 0 Å². The summed E-state index contributed by atoms with van der Waals surface area (Å²) in [5.41, 5.74) is 1.45. The predicted octanol–water partition coefficient (Wildman–Crippen LogP) is 2.83. The van der Waals surface area contributed by atoms with Crippen LogP contribution in [0.25, 0.3) is 0 Å². The quantitative estimate of drug-likeness (QED) is 0.460. The molecule has 0 bridgehead atoms. The third kappa shape index (κ3) is 1.92. The molecule has 0 atom stereocenters. The molecule has 0 unspecified atom stereocenters. The molecule has 0 radical (unpaired) electrons. The van der Waals surface area contributed by atoms with Gasteiger partial charge in [0.15, 0.2) is 0 Å². The minimum Gasteiger partial charge on any atom is -0.212 e. The molecule has 0 saturated heterocycles. The fourth-order valence-corrected chi connectivity index (χ4v) is 0.294. The van der Waals surface area contributed by atoms with Crippen molar-refractivity contribution in [1.82, 2.24) is 0 Å². The summed E-state index contributed by atoms with van der Waals surface area (Å²) in [5.74, 6) is -0.141. The van der Waals surface area contributed by atoms with Crippen molar-refractivity contribution in [3.63, 3.8) is 0 Å². The first-order valence-electron chi connectivity index (χ1n) is 2.54. The first kappa shape index (κ1) is 7.41. The second kappa shape index (κ2) is 2.65. The summed E-state index contributed by atoms with van der Waals surface area (Å²) >= 11 is 0. The van der Waals surface area contributed by atoms with E-state index in [1.54, 1.807) is 13.8 Å². The highest BCUT2D eigenvalue weighted by molar-refractivity contribution is 5.25. The molecule has 8 heavy (non-hydrogen) atoms. The van der Waals surface area contributed by atoms with Gasteiger partial charge in [-0.15, -0.1) is 0 Å². The summed E-state index contributed by atoms with van der Waals surface area (Å²) in [4.78, 5) is 0. The van der Waals surface area contributed by atoms with E-state index in [1.165, 1.54) is 6.92 Å². The van der Waals surface area contributed by atoms with Gasteiger partial charge in [0.25, 0.3) is 0 Å². The van der Waals surface area contributed by atoms with Crippen LogP contribution in [-0.4, -0.2) is 0 Å². The highest BCUT2D eigenvalue weighted by Gasteiger charge is 1.92. The Morgan fingerprint density at radius 1 is 1.25 bits per heavy atom. The SMILES string of the molecule is C=C(C)/C(C)=C(\C)F. The van der Waals surface area contributed by atoms with E-state index in [9.17, 15) is 4.39 Å². The van der Waals surface area contributed by atoms with Gasteiger partial charge in [0.2, 0.25) is 0 Å². The summed E-state index contributed by atoms with van der Waals surface area (Å²) in [7, 11) is 0. The van der Waals surface area contributed by atoms with Crippen molar-refractivity contribution in [1.29, 1.82) is 0 Å². The molecule has 0 heterocycles. The molecule has 0 aliphatic carbocycles. The number of hydrogen-bond donors (Lipinski definition) is 0. The first-order valence-corrected chi connectivity index (χ1v) is 2.54. The maximum atomic E-state index is 12.2. The Morgan fingerprint density at radius 3 is 1.62 bits per heavy atom. The van der Waals surface area contributed by atoms with Crippen LogP contribution in [0.1, 0.15) is 20.8 Å². The van der Waals surface area contributed by atoms with E-state index in [0.717, 1.165) is 5.57 Å². The zero-order valence-corrected chi connectivity index (χ0v) is 5.59. The molecule has 0 aromatic carbocycles. The largest absolute Gasteiger partial charge is 0.212 e. The molecule has 0 aromatic heterocycles. The molecule has 0 spiro atoms. The van der Waals surface area contributed by atoms with Gasteiger partial charge >= 0.3 is 0 Å². The molecular formula is C7H11F. The maximum absolute atomic E-state index is 12.2. The molecule has 0 amide bonds. The lowest BCUT2D eigenvalue weighted by atomic mass is 10.1. The van der Waals surface area contributed by atoms with Crippen LogP contribution < -0.4 is 0 Å². The summed E-state index contributed by atoms with van der Waals surface area (Å²) in [6, 6.07) is 0. The van der Waals surface area contributed by atoms with Crippen LogP contribution in [0, 0.1) is 0 Å². The molecule has 46 valence electrons. The highest BCUT2D eigenvalue weighted by atomic mass is 19.1. The van der Waals surface area contributed by atoms with Crippen molar-refractivity contribution in [3.8, 4) is 0 Å². The zero-order chi connectivity index (χ0) is 6.73. The topological polar surface area (TPSA) is 0 Å². The van der Waals surface area contributed by atoms with Gasteiger partial charge < -0.3 is 0 Å². The second-order valence-corrected chi connectivity index (χ2v) is 1.94. The normalized spacial score (nSPS) is 13.0. The predicted molar refractivity (Wildman–Crippen MR) is 34.3 cm³/mol. The van der Waals surface area contributed by atoms with Gasteiger partial charge in [-0.25, -0.2) is 4.39 Å². The van der Waals surface area contributed by atoms with Crippen LogP contribution in [0.4, 0.5) is 4.39 Å². The van der Waals surface area contributed by atoms with Gasteiger partial charge in [-0.1, -0.05) is 12.2 Å².